The van der Waals surface area contributed by atoms with E-state index in [2.05, 4.69) is 17.9 Å². The van der Waals surface area contributed by atoms with Gasteiger partial charge in [-0.25, -0.2) is 0 Å². The number of nitrogens with zero attached hydrogens (tertiary/aromatic N) is 2. The molecule has 1 aromatic carbocycles. The number of benzene rings is 1. The maximum Gasteiger partial charge on any atom is 0.144 e. The van der Waals surface area contributed by atoms with Crippen LogP contribution in [0.2, 0.25) is 0 Å². The van der Waals surface area contributed by atoms with Crippen LogP contribution < -0.4 is 14.8 Å². The van der Waals surface area contributed by atoms with Crippen LogP contribution in [-0.4, -0.2) is 17.9 Å². The molecular weight excluding hydrogens is 240 g/mol. The molecule has 2 rings (SSSR count). The number of hydrogen-bond acceptors (Lipinski definition) is 4. The third-order valence-electron chi connectivity index (χ3n) is 2.46. The van der Waals surface area contributed by atoms with Gasteiger partial charge in [-0.05, 0) is 44.0 Å². The number of rotatable bonds is 4. The summed E-state index contributed by atoms with van der Waals surface area (Å²) in [4.78, 5) is 3.36. The van der Waals surface area contributed by atoms with Crippen LogP contribution in [0.1, 0.15) is 13.8 Å². The van der Waals surface area contributed by atoms with E-state index >= 15 is 0 Å². The Morgan fingerprint density at radius 3 is 2.94 bits per heavy atom. The van der Waals surface area contributed by atoms with Crippen molar-refractivity contribution >= 4 is 29.4 Å². The second-order valence-corrected chi connectivity index (χ2v) is 5.46. The van der Waals surface area contributed by atoms with Gasteiger partial charge in [-0.15, -0.1) is 0 Å². The molecule has 1 unspecified atom stereocenters. The topological polar surface area (TPSA) is 34.8 Å². The molecule has 0 spiro atoms. The van der Waals surface area contributed by atoms with Crippen molar-refractivity contribution in [3.05, 3.63) is 18.2 Å². The van der Waals surface area contributed by atoms with E-state index in [1.54, 1.807) is 11.8 Å². The summed E-state index contributed by atoms with van der Waals surface area (Å²) in [5.41, 5.74) is 1.18. The molecule has 1 aliphatic heterocycles. The summed E-state index contributed by atoms with van der Waals surface area (Å²) in [6, 6.07) is 6.09. The third-order valence-corrected chi connectivity index (χ3v) is 4.48. The molecule has 86 valence electrons. The number of ether oxygens (including phenoxy) is 1. The summed E-state index contributed by atoms with van der Waals surface area (Å²) in [6.45, 7) is 5.64. The van der Waals surface area contributed by atoms with Crippen molar-refractivity contribution < 1.29 is 4.74 Å². The molecule has 0 bridgehead atoms. The molecule has 0 N–H and O–H groups in total. The lowest BCUT2D eigenvalue weighted by Crippen LogP contribution is -2.26. The van der Waals surface area contributed by atoms with Crippen LogP contribution in [0.3, 0.4) is 0 Å². The molecule has 3 nitrogen and oxygen atoms in total. The van der Waals surface area contributed by atoms with E-state index in [9.17, 15) is 5.14 Å². The zero-order valence-electron chi connectivity index (χ0n) is 9.34. The Hall–Kier alpha value is -0.520. The van der Waals surface area contributed by atoms with Crippen molar-refractivity contribution in [3.8, 4) is 5.75 Å². The fraction of sp³-hybridized carbons (Fsp3) is 0.455. The summed E-state index contributed by atoms with van der Waals surface area (Å²) < 4.78 is 5.53. The Morgan fingerprint density at radius 1 is 1.50 bits per heavy atom. The molecule has 2 radical (unpaired) electrons. The van der Waals surface area contributed by atoms with Crippen LogP contribution in [0.4, 0.5) is 5.69 Å². The standard InChI is InChI=1S/C11H14N2OS2/c1-3-13-9-6-5-8(14-4-2)7-10(9)15-11(13)16-12/h5-7,11H,3-4H2,1-2H3. The molecule has 16 heavy (non-hydrogen) atoms. The highest BCUT2D eigenvalue weighted by molar-refractivity contribution is 8.16. The van der Waals surface area contributed by atoms with E-state index in [1.807, 2.05) is 19.1 Å². The van der Waals surface area contributed by atoms with Crippen molar-refractivity contribution in [1.82, 2.24) is 5.14 Å². The van der Waals surface area contributed by atoms with Gasteiger partial charge in [0.05, 0.1) is 12.3 Å². The Balaban J connectivity index is 2.27. The molecule has 1 atom stereocenters. The van der Waals surface area contributed by atoms with E-state index in [0.717, 1.165) is 24.2 Å². The van der Waals surface area contributed by atoms with Gasteiger partial charge < -0.3 is 9.64 Å². The molecule has 1 aliphatic rings. The largest absolute Gasteiger partial charge is 0.494 e. The monoisotopic (exact) mass is 254 g/mol. The molecule has 5 heteroatoms. The predicted octanol–water partition coefficient (Wildman–Crippen LogP) is 3.02. The average molecular weight is 254 g/mol. The fourth-order valence-electron chi connectivity index (χ4n) is 1.77. The Morgan fingerprint density at radius 2 is 2.31 bits per heavy atom. The van der Waals surface area contributed by atoms with Crippen molar-refractivity contribution in [2.24, 2.45) is 0 Å². The third kappa shape index (κ3) is 2.12. The highest BCUT2D eigenvalue weighted by atomic mass is 32.2. The van der Waals surface area contributed by atoms with E-state index in [4.69, 9.17) is 4.74 Å². The van der Waals surface area contributed by atoms with E-state index in [0.29, 0.717) is 6.61 Å². The number of anilines is 1. The van der Waals surface area contributed by atoms with Crippen LogP contribution >= 0.6 is 23.7 Å². The molecule has 0 saturated carbocycles. The smallest absolute Gasteiger partial charge is 0.144 e. The maximum absolute atomic E-state index is 9.24. The second-order valence-electron chi connectivity index (χ2n) is 3.38. The van der Waals surface area contributed by atoms with Gasteiger partial charge in [0.15, 0.2) is 0 Å². The lowest BCUT2D eigenvalue weighted by molar-refractivity contribution is 0.339. The van der Waals surface area contributed by atoms with Gasteiger partial charge in [-0.3, -0.25) is 0 Å². The minimum atomic E-state index is 0.0666. The van der Waals surface area contributed by atoms with Crippen LogP contribution in [0.15, 0.2) is 23.1 Å². The molecule has 1 aromatic rings. The lowest BCUT2D eigenvalue weighted by atomic mass is 10.3. The number of thioether (sulfide) groups is 1. The zero-order chi connectivity index (χ0) is 11.5. The first-order valence-corrected chi connectivity index (χ1v) is 7.02. The average Bonchev–Trinajstić information content (AvgIpc) is 2.66. The Bertz CT molecular complexity index is 373. The summed E-state index contributed by atoms with van der Waals surface area (Å²) in [5, 5.41) is 9.24. The normalized spacial score (nSPS) is 18.7. The van der Waals surface area contributed by atoms with Crippen LogP contribution in [0.25, 0.3) is 0 Å². The quantitative estimate of drug-likeness (QED) is 0.774. The maximum atomic E-state index is 9.24. The summed E-state index contributed by atoms with van der Waals surface area (Å²) >= 11 is 2.56. The molecule has 0 amide bonds. The van der Waals surface area contributed by atoms with Gasteiger partial charge in [0.25, 0.3) is 0 Å². The first-order valence-electron chi connectivity index (χ1n) is 5.30. The van der Waals surface area contributed by atoms with E-state index in [1.165, 1.54) is 10.6 Å². The second kappa shape index (κ2) is 5.21. The highest BCUT2D eigenvalue weighted by Crippen LogP contribution is 2.47. The van der Waals surface area contributed by atoms with Gasteiger partial charge in [0, 0.05) is 11.4 Å². The molecular formula is C11H14N2OS2. The van der Waals surface area contributed by atoms with Crippen molar-refractivity contribution in [3.63, 3.8) is 0 Å². The van der Waals surface area contributed by atoms with Gasteiger partial charge in [0.2, 0.25) is 0 Å². The SMILES string of the molecule is CCOc1ccc2c(c1)SC(S[N])N2CC. The van der Waals surface area contributed by atoms with Crippen molar-refractivity contribution in [2.75, 3.05) is 18.1 Å². The lowest BCUT2D eigenvalue weighted by Gasteiger charge is -2.21. The minimum absolute atomic E-state index is 0.0666. The molecule has 0 aromatic heterocycles. The van der Waals surface area contributed by atoms with Crippen LogP contribution in [-0.2, 0) is 0 Å². The van der Waals surface area contributed by atoms with Gasteiger partial charge in [-0.2, -0.15) is 0 Å². The van der Waals surface area contributed by atoms with E-state index in [-0.39, 0.29) is 4.71 Å². The molecule has 0 saturated heterocycles. The number of hydrogen-bond donors (Lipinski definition) is 0. The molecule has 0 aliphatic carbocycles. The van der Waals surface area contributed by atoms with Gasteiger partial charge in [0.1, 0.15) is 10.5 Å². The molecule has 0 fully saturated rings. The number of fused-ring (bicyclic) bond motifs is 1. The van der Waals surface area contributed by atoms with Crippen LogP contribution in [0.5, 0.6) is 5.75 Å². The minimum Gasteiger partial charge on any atom is -0.494 e. The predicted molar refractivity (Wildman–Crippen MR) is 70.0 cm³/mol. The highest BCUT2D eigenvalue weighted by Gasteiger charge is 2.29. The Labute approximate surface area is 105 Å². The summed E-state index contributed by atoms with van der Waals surface area (Å²) in [7, 11) is 0. The fourth-order valence-corrected chi connectivity index (χ4v) is 3.72. The molecule has 1 heterocycles. The first-order chi connectivity index (χ1) is 7.80. The summed E-state index contributed by atoms with van der Waals surface area (Å²) in [5.74, 6) is 0.897. The zero-order valence-corrected chi connectivity index (χ0v) is 11.0. The Kier molecular flexibility index (Phi) is 3.89. The van der Waals surface area contributed by atoms with Crippen molar-refractivity contribution in [2.45, 2.75) is 23.4 Å². The van der Waals surface area contributed by atoms with Gasteiger partial charge >= 0.3 is 0 Å². The van der Waals surface area contributed by atoms with E-state index < -0.39 is 0 Å². The van der Waals surface area contributed by atoms with Crippen molar-refractivity contribution in [1.29, 1.82) is 0 Å². The first kappa shape index (κ1) is 12.0. The van der Waals surface area contributed by atoms with Gasteiger partial charge in [-0.1, -0.05) is 16.9 Å². The van der Waals surface area contributed by atoms with Crippen LogP contribution in [0, 0.1) is 0 Å². The summed E-state index contributed by atoms with van der Waals surface area (Å²) in [6.07, 6.45) is 0.